The maximum absolute atomic E-state index is 13.0. The number of allylic oxidation sites excluding steroid dienone is 3. The molecule has 0 radical (unpaired) electrons. The van der Waals surface area contributed by atoms with Crippen LogP contribution in [0.3, 0.4) is 0 Å². The van der Waals surface area contributed by atoms with Crippen LogP contribution in [0.15, 0.2) is 71.4 Å². The molecule has 1 heterocycles. The summed E-state index contributed by atoms with van der Waals surface area (Å²) < 4.78 is 26.0. The zero-order valence-electron chi connectivity index (χ0n) is 14.9. The molecule has 2 aromatic carbocycles. The Morgan fingerprint density at radius 3 is 2.58 bits per heavy atom. The SMILES string of the molecule is C[Si](C)(C)C#CC1=CC=CNN1NS(=O)(=O)c1cccc2ccccc12. The molecule has 0 spiro atoms. The van der Waals surface area contributed by atoms with Gasteiger partial charge in [-0.05, 0) is 23.6 Å². The molecule has 0 fully saturated rings. The van der Waals surface area contributed by atoms with Crippen LogP contribution in [0, 0.1) is 11.5 Å². The first-order chi connectivity index (χ1) is 12.3. The Bertz CT molecular complexity index is 1050. The molecular formula is C19H21N3O2SSi. The number of fused-ring (bicyclic) bond motifs is 1. The highest BCUT2D eigenvalue weighted by molar-refractivity contribution is 7.89. The minimum absolute atomic E-state index is 0.226. The first-order valence-electron chi connectivity index (χ1n) is 8.23. The fourth-order valence-corrected chi connectivity index (χ4v) is 4.15. The van der Waals surface area contributed by atoms with E-state index in [2.05, 4.69) is 41.4 Å². The summed E-state index contributed by atoms with van der Waals surface area (Å²) in [6.45, 7) is 6.41. The van der Waals surface area contributed by atoms with Crippen molar-refractivity contribution in [3.63, 3.8) is 0 Å². The van der Waals surface area contributed by atoms with Crippen molar-refractivity contribution in [1.82, 2.24) is 15.4 Å². The summed E-state index contributed by atoms with van der Waals surface area (Å²) in [7, 11) is -5.38. The van der Waals surface area contributed by atoms with Gasteiger partial charge in [-0.1, -0.05) is 62.0 Å². The molecule has 0 saturated heterocycles. The largest absolute Gasteiger partial charge is 0.290 e. The van der Waals surface area contributed by atoms with E-state index in [-0.39, 0.29) is 4.90 Å². The minimum Gasteiger partial charge on any atom is -0.290 e. The van der Waals surface area contributed by atoms with Crippen LogP contribution in [0.25, 0.3) is 10.8 Å². The molecule has 2 N–H and O–H groups in total. The summed E-state index contributed by atoms with van der Waals surface area (Å²) >= 11 is 0. The van der Waals surface area contributed by atoms with Crippen molar-refractivity contribution in [1.29, 1.82) is 0 Å². The highest BCUT2D eigenvalue weighted by atomic mass is 32.2. The van der Waals surface area contributed by atoms with Gasteiger partial charge in [0.25, 0.3) is 10.0 Å². The summed E-state index contributed by atoms with van der Waals surface area (Å²) in [5, 5.41) is 2.88. The Morgan fingerprint density at radius 1 is 1.08 bits per heavy atom. The Labute approximate surface area is 155 Å². The molecule has 26 heavy (non-hydrogen) atoms. The zero-order chi connectivity index (χ0) is 18.8. The maximum Gasteiger partial charge on any atom is 0.259 e. The van der Waals surface area contributed by atoms with Gasteiger partial charge in [0, 0.05) is 11.6 Å². The van der Waals surface area contributed by atoms with Gasteiger partial charge in [-0.3, -0.25) is 5.43 Å². The highest BCUT2D eigenvalue weighted by Crippen LogP contribution is 2.23. The fourth-order valence-electron chi connectivity index (χ4n) is 2.42. The van der Waals surface area contributed by atoms with Crippen LogP contribution in [-0.4, -0.2) is 21.6 Å². The summed E-state index contributed by atoms with van der Waals surface area (Å²) in [6.07, 6.45) is 5.21. The number of nitrogens with zero attached hydrogens (tertiary/aromatic N) is 1. The molecule has 0 aliphatic carbocycles. The van der Waals surface area contributed by atoms with Crippen LogP contribution < -0.4 is 10.3 Å². The topological polar surface area (TPSA) is 61.4 Å². The number of benzene rings is 2. The van der Waals surface area contributed by atoms with Gasteiger partial charge in [-0.2, -0.15) is 5.12 Å². The number of sulfonamides is 1. The lowest BCUT2D eigenvalue weighted by Crippen LogP contribution is -2.48. The Balaban J connectivity index is 1.94. The molecule has 134 valence electrons. The second kappa shape index (κ2) is 7.00. The summed E-state index contributed by atoms with van der Waals surface area (Å²) in [4.78, 5) is 2.80. The van der Waals surface area contributed by atoms with Crippen LogP contribution in [0.1, 0.15) is 0 Å². The van der Waals surface area contributed by atoms with E-state index in [0.717, 1.165) is 5.39 Å². The number of hydrazine groups is 2. The molecular weight excluding hydrogens is 362 g/mol. The monoisotopic (exact) mass is 383 g/mol. The lowest BCUT2D eigenvalue weighted by molar-refractivity contribution is 0.259. The van der Waals surface area contributed by atoms with Crippen molar-refractivity contribution in [2.45, 2.75) is 24.5 Å². The zero-order valence-corrected chi connectivity index (χ0v) is 16.8. The average molecular weight is 384 g/mol. The van der Waals surface area contributed by atoms with E-state index in [1.807, 2.05) is 24.3 Å². The van der Waals surface area contributed by atoms with Gasteiger partial charge in [0.1, 0.15) is 13.8 Å². The molecule has 1 aliphatic heterocycles. The Hall–Kier alpha value is -2.53. The standard InChI is InChI=1S/C19H21N3O2SSi/c1-26(2,3)15-13-17-10-7-14-20-22(17)21-25(23,24)19-12-6-9-16-8-4-5-11-18(16)19/h4-12,14,20-21H,1-3H3. The van der Waals surface area contributed by atoms with Gasteiger partial charge in [0.15, 0.2) is 0 Å². The number of nitrogens with one attached hydrogen (secondary N) is 2. The molecule has 0 atom stereocenters. The van der Waals surface area contributed by atoms with E-state index in [0.29, 0.717) is 11.1 Å². The van der Waals surface area contributed by atoms with Crippen LogP contribution in [-0.2, 0) is 10.0 Å². The van der Waals surface area contributed by atoms with Crippen molar-refractivity contribution in [2.24, 2.45) is 0 Å². The van der Waals surface area contributed by atoms with Crippen molar-refractivity contribution < 1.29 is 8.42 Å². The van der Waals surface area contributed by atoms with Crippen LogP contribution >= 0.6 is 0 Å². The molecule has 0 aromatic heterocycles. The van der Waals surface area contributed by atoms with E-state index >= 15 is 0 Å². The lowest BCUT2D eigenvalue weighted by atomic mass is 10.1. The first kappa shape index (κ1) is 18.3. The van der Waals surface area contributed by atoms with Crippen molar-refractivity contribution in [2.75, 3.05) is 0 Å². The molecule has 3 rings (SSSR count). The Morgan fingerprint density at radius 2 is 1.81 bits per heavy atom. The number of rotatable bonds is 3. The second-order valence-electron chi connectivity index (χ2n) is 6.95. The van der Waals surface area contributed by atoms with Gasteiger partial charge in [0.2, 0.25) is 0 Å². The Kier molecular flexibility index (Phi) is 4.91. The molecule has 0 unspecified atom stereocenters. The third-order valence-corrected chi connectivity index (χ3v) is 5.84. The lowest BCUT2D eigenvalue weighted by Gasteiger charge is -2.26. The first-order valence-corrected chi connectivity index (χ1v) is 13.2. The predicted octanol–water partition coefficient (Wildman–Crippen LogP) is 3.13. The van der Waals surface area contributed by atoms with Gasteiger partial charge in [0.05, 0.1) is 4.90 Å². The molecule has 5 nitrogen and oxygen atoms in total. The molecule has 0 bridgehead atoms. The molecule has 7 heteroatoms. The summed E-state index contributed by atoms with van der Waals surface area (Å²) in [5.74, 6) is 3.08. The van der Waals surface area contributed by atoms with E-state index in [1.54, 1.807) is 36.6 Å². The van der Waals surface area contributed by atoms with Crippen LogP contribution in [0.4, 0.5) is 0 Å². The maximum atomic E-state index is 13.0. The van der Waals surface area contributed by atoms with E-state index in [4.69, 9.17) is 0 Å². The van der Waals surface area contributed by atoms with E-state index in [1.165, 1.54) is 5.12 Å². The van der Waals surface area contributed by atoms with Gasteiger partial charge < -0.3 is 0 Å². The van der Waals surface area contributed by atoms with Crippen molar-refractivity contribution >= 4 is 28.9 Å². The predicted molar refractivity (Wildman–Crippen MR) is 108 cm³/mol. The summed E-state index contributed by atoms with van der Waals surface area (Å²) in [6, 6.07) is 12.6. The normalized spacial score (nSPS) is 14.4. The molecule has 0 amide bonds. The third kappa shape index (κ3) is 4.16. The smallest absolute Gasteiger partial charge is 0.259 e. The summed E-state index contributed by atoms with van der Waals surface area (Å²) in [5.41, 5.74) is 6.69. The highest BCUT2D eigenvalue weighted by Gasteiger charge is 2.22. The van der Waals surface area contributed by atoms with Gasteiger partial charge >= 0.3 is 0 Å². The van der Waals surface area contributed by atoms with Crippen LogP contribution in [0.5, 0.6) is 0 Å². The van der Waals surface area contributed by atoms with Gasteiger partial charge in [-0.15, -0.1) is 10.4 Å². The number of hydrogen-bond donors (Lipinski definition) is 2. The van der Waals surface area contributed by atoms with E-state index in [9.17, 15) is 8.42 Å². The van der Waals surface area contributed by atoms with Crippen molar-refractivity contribution in [3.05, 3.63) is 66.5 Å². The molecule has 1 aliphatic rings. The van der Waals surface area contributed by atoms with Crippen molar-refractivity contribution in [3.8, 4) is 11.5 Å². The fraction of sp³-hybridized carbons (Fsp3) is 0.158. The van der Waals surface area contributed by atoms with Crippen LogP contribution in [0.2, 0.25) is 19.6 Å². The number of hydrogen-bond acceptors (Lipinski definition) is 4. The quantitative estimate of drug-likeness (QED) is 0.631. The third-order valence-electron chi connectivity index (χ3n) is 3.61. The average Bonchev–Trinajstić information content (AvgIpc) is 2.59. The molecule has 0 saturated carbocycles. The van der Waals surface area contributed by atoms with E-state index < -0.39 is 18.1 Å². The second-order valence-corrected chi connectivity index (χ2v) is 13.3. The molecule has 2 aromatic rings. The minimum atomic E-state index is -3.79. The van der Waals surface area contributed by atoms with Gasteiger partial charge in [-0.25, -0.2) is 8.42 Å².